The molecule has 0 aromatic rings. The van der Waals surface area contributed by atoms with Crippen molar-refractivity contribution in [2.45, 2.75) is 30.7 Å². The number of carboxylic acid groups (broad SMARTS) is 1. The zero-order chi connectivity index (χ0) is 9.84. The molecule has 3 nitrogen and oxygen atoms in total. The lowest BCUT2D eigenvalue weighted by molar-refractivity contribution is -0.144. The highest BCUT2D eigenvalue weighted by Gasteiger charge is 2.23. The molecule has 4 heteroatoms. The molecule has 2 atom stereocenters. The number of carbonyl (C=O) groups is 1. The Kier molecular flexibility index (Phi) is 3.75. The lowest BCUT2D eigenvalue weighted by atomic mass is 9.93. The smallest absolute Gasteiger partial charge is 0.329 e. The first-order valence-corrected chi connectivity index (χ1v) is 4.68. The SMILES string of the molecule is C=C1CCC(OCC(=O)O)CC1Cl. The minimum Gasteiger partial charge on any atom is -0.480 e. The summed E-state index contributed by atoms with van der Waals surface area (Å²) in [5.74, 6) is -0.935. The molecule has 1 aliphatic rings. The maximum Gasteiger partial charge on any atom is 0.329 e. The average molecular weight is 205 g/mol. The predicted octanol–water partition coefficient (Wildman–Crippen LogP) is 1.80. The molecule has 0 aliphatic heterocycles. The molecule has 0 spiro atoms. The van der Waals surface area contributed by atoms with Crippen LogP contribution in [0, 0.1) is 0 Å². The summed E-state index contributed by atoms with van der Waals surface area (Å²) < 4.78 is 5.14. The third-order valence-corrected chi connectivity index (χ3v) is 2.63. The Hall–Kier alpha value is -0.540. The van der Waals surface area contributed by atoms with Crippen LogP contribution < -0.4 is 0 Å². The van der Waals surface area contributed by atoms with Crippen LogP contribution in [-0.4, -0.2) is 29.2 Å². The van der Waals surface area contributed by atoms with Crippen LogP contribution >= 0.6 is 11.6 Å². The maximum atomic E-state index is 10.2. The van der Waals surface area contributed by atoms with Crippen molar-refractivity contribution >= 4 is 17.6 Å². The van der Waals surface area contributed by atoms with Crippen LogP contribution in [0.3, 0.4) is 0 Å². The summed E-state index contributed by atoms with van der Waals surface area (Å²) in [5, 5.41) is 8.32. The molecular weight excluding hydrogens is 192 g/mol. The van der Waals surface area contributed by atoms with Gasteiger partial charge in [0, 0.05) is 0 Å². The molecule has 1 aliphatic carbocycles. The fraction of sp³-hybridized carbons (Fsp3) is 0.667. The number of hydrogen-bond donors (Lipinski definition) is 1. The van der Waals surface area contributed by atoms with Crippen LogP contribution in [-0.2, 0) is 9.53 Å². The Morgan fingerprint density at radius 3 is 3.00 bits per heavy atom. The average Bonchev–Trinajstić information content (AvgIpc) is 2.07. The van der Waals surface area contributed by atoms with Gasteiger partial charge in [0.1, 0.15) is 6.61 Å². The minimum atomic E-state index is -0.935. The van der Waals surface area contributed by atoms with Gasteiger partial charge in [-0.05, 0) is 19.3 Å². The third-order valence-electron chi connectivity index (χ3n) is 2.14. The largest absolute Gasteiger partial charge is 0.480 e. The number of rotatable bonds is 3. The van der Waals surface area contributed by atoms with Gasteiger partial charge in [-0.2, -0.15) is 0 Å². The second kappa shape index (κ2) is 4.63. The molecule has 0 aromatic heterocycles. The zero-order valence-corrected chi connectivity index (χ0v) is 8.09. The summed E-state index contributed by atoms with van der Waals surface area (Å²) in [6.07, 6.45) is 2.31. The van der Waals surface area contributed by atoms with E-state index in [0.717, 1.165) is 18.4 Å². The van der Waals surface area contributed by atoms with E-state index in [0.29, 0.717) is 6.42 Å². The molecule has 0 amide bonds. The highest BCUT2D eigenvalue weighted by molar-refractivity contribution is 6.22. The summed E-state index contributed by atoms with van der Waals surface area (Å²) in [6, 6.07) is 0. The molecule has 13 heavy (non-hydrogen) atoms. The highest BCUT2D eigenvalue weighted by Crippen LogP contribution is 2.28. The Labute approximate surface area is 82.3 Å². The van der Waals surface area contributed by atoms with E-state index < -0.39 is 5.97 Å². The monoisotopic (exact) mass is 204 g/mol. The fourth-order valence-corrected chi connectivity index (χ4v) is 1.67. The van der Waals surface area contributed by atoms with E-state index >= 15 is 0 Å². The van der Waals surface area contributed by atoms with Gasteiger partial charge in [0.15, 0.2) is 0 Å². The predicted molar refractivity (Wildman–Crippen MR) is 50.0 cm³/mol. The van der Waals surface area contributed by atoms with E-state index in [1.807, 2.05) is 0 Å². The summed E-state index contributed by atoms with van der Waals surface area (Å²) >= 11 is 5.95. The van der Waals surface area contributed by atoms with Crippen molar-refractivity contribution in [1.29, 1.82) is 0 Å². The van der Waals surface area contributed by atoms with Crippen molar-refractivity contribution in [3.63, 3.8) is 0 Å². The van der Waals surface area contributed by atoms with E-state index in [4.69, 9.17) is 21.4 Å². The van der Waals surface area contributed by atoms with Crippen LogP contribution in [0.15, 0.2) is 12.2 Å². The number of halogens is 1. The van der Waals surface area contributed by atoms with Crippen molar-refractivity contribution in [1.82, 2.24) is 0 Å². The van der Waals surface area contributed by atoms with Gasteiger partial charge in [-0.15, -0.1) is 11.6 Å². The minimum absolute atomic E-state index is 0.0240. The number of carboxylic acids is 1. The van der Waals surface area contributed by atoms with E-state index in [1.54, 1.807) is 0 Å². The van der Waals surface area contributed by atoms with Crippen molar-refractivity contribution in [3.8, 4) is 0 Å². The zero-order valence-electron chi connectivity index (χ0n) is 7.33. The second-order valence-electron chi connectivity index (χ2n) is 3.23. The van der Waals surface area contributed by atoms with Gasteiger partial charge in [-0.1, -0.05) is 12.2 Å². The normalized spacial score (nSPS) is 28.8. The number of aliphatic carboxylic acids is 1. The van der Waals surface area contributed by atoms with E-state index in [1.165, 1.54) is 0 Å². The lowest BCUT2D eigenvalue weighted by Crippen LogP contribution is -2.26. The van der Waals surface area contributed by atoms with Gasteiger partial charge in [0.05, 0.1) is 11.5 Å². The molecule has 0 saturated heterocycles. The molecule has 2 unspecified atom stereocenters. The highest BCUT2D eigenvalue weighted by atomic mass is 35.5. The summed E-state index contributed by atoms with van der Waals surface area (Å²) in [6.45, 7) is 3.59. The van der Waals surface area contributed by atoms with Gasteiger partial charge in [-0.3, -0.25) is 0 Å². The molecule has 1 saturated carbocycles. The van der Waals surface area contributed by atoms with Crippen LogP contribution in [0.5, 0.6) is 0 Å². The first kappa shape index (κ1) is 10.5. The van der Waals surface area contributed by atoms with Crippen LogP contribution in [0.2, 0.25) is 0 Å². The van der Waals surface area contributed by atoms with Gasteiger partial charge in [0.25, 0.3) is 0 Å². The van der Waals surface area contributed by atoms with Crippen molar-refractivity contribution < 1.29 is 14.6 Å². The molecule has 0 heterocycles. The van der Waals surface area contributed by atoms with Crippen molar-refractivity contribution in [2.75, 3.05) is 6.61 Å². The summed E-state index contributed by atoms with van der Waals surface area (Å²) in [5.41, 5.74) is 1.02. The topological polar surface area (TPSA) is 46.5 Å². The van der Waals surface area contributed by atoms with Crippen LogP contribution in [0.25, 0.3) is 0 Å². The molecule has 0 radical (unpaired) electrons. The molecule has 0 bridgehead atoms. The number of alkyl halides is 1. The first-order chi connectivity index (χ1) is 6.09. The third kappa shape index (κ3) is 3.36. The number of ether oxygens (including phenoxy) is 1. The summed E-state index contributed by atoms with van der Waals surface area (Å²) in [7, 11) is 0. The van der Waals surface area contributed by atoms with Gasteiger partial charge < -0.3 is 9.84 Å². The van der Waals surface area contributed by atoms with Gasteiger partial charge >= 0.3 is 5.97 Å². The van der Waals surface area contributed by atoms with Gasteiger partial charge in [-0.25, -0.2) is 4.79 Å². The number of hydrogen-bond acceptors (Lipinski definition) is 2. The Morgan fingerprint density at radius 1 is 1.77 bits per heavy atom. The van der Waals surface area contributed by atoms with E-state index in [9.17, 15) is 4.79 Å². The van der Waals surface area contributed by atoms with Crippen molar-refractivity contribution in [2.24, 2.45) is 0 Å². The second-order valence-corrected chi connectivity index (χ2v) is 3.75. The Balaban J connectivity index is 2.29. The quantitative estimate of drug-likeness (QED) is 0.563. The molecule has 1 fully saturated rings. The first-order valence-electron chi connectivity index (χ1n) is 4.24. The van der Waals surface area contributed by atoms with Gasteiger partial charge in [0.2, 0.25) is 0 Å². The Bertz CT molecular complexity index is 215. The molecule has 1 rings (SSSR count). The molecule has 74 valence electrons. The molecule has 1 N–H and O–H groups in total. The van der Waals surface area contributed by atoms with Crippen LogP contribution in [0.1, 0.15) is 19.3 Å². The lowest BCUT2D eigenvalue weighted by Gasteiger charge is -2.26. The maximum absolute atomic E-state index is 10.2. The Morgan fingerprint density at radius 2 is 2.46 bits per heavy atom. The van der Waals surface area contributed by atoms with Crippen LogP contribution in [0.4, 0.5) is 0 Å². The van der Waals surface area contributed by atoms with Crippen molar-refractivity contribution in [3.05, 3.63) is 12.2 Å². The number of allylic oxidation sites excluding steroid dienone is 1. The van der Waals surface area contributed by atoms with E-state index in [-0.39, 0.29) is 18.1 Å². The fourth-order valence-electron chi connectivity index (χ4n) is 1.36. The van der Waals surface area contributed by atoms with E-state index in [2.05, 4.69) is 6.58 Å². The summed E-state index contributed by atoms with van der Waals surface area (Å²) in [4.78, 5) is 10.2. The molecular formula is C9H13ClO3. The molecule has 0 aromatic carbocycles. The standard InChI is InChI=1S/C9H13ClO3/c1-6-2-3-7(4-8(6)10)13-5-9(11)12/h7-8H,1-5H2,(H,11,12).